The predicted octanol–water partition coefficient (Wildman–Crippen LogP) is 4.55. The van der Waals surface area contributed by atoms with Gasteiger partial charge in [-0.2, -0.15) is 0 Å². The molecule has 0 aliphatic rings. The number of hydrogen-bond acceptors (Lipinski definition) is 5. The van der Waals surface area contributed by atoms with E-state index in [2.05, 4.69) is 22.0 Å². The largest absolute Gasteiger partial charge is 0.491 e. The molecule has 0 fully saturated rings. The summed E-state index contributed by atoms with van der Waals surface area (Å²) in [6.45, 7) is 12.8. The van der Waals surface area contributed by atoms with Crippen LogP contribution in [0.1, 0.15) is 49.3 Å². The quantitative estimate of drug-likeness (QED) is 0.505. The molecule has 0 saturated carbocycles. The molecular weight excluding hydrogens is 404 g/mol. The molecule has 0 aliphatic heterocycles. The van der Waals surface area contributed by atoms with Crippen molar-refractivity contribution in [3.63, 3.8) is 0 Å². The number of ether oxygens (including phenoxy) is 2. The zero-order chi connectivity index (χ0) is 23.5. The summed E-state index contributed by atoms with van der Waals surface area (Å²) in [6, 6.07) is 13.8. The van der Waals surface area contributed by atoms with Gasteiger partial charge >= 0.3 is 5.97 Å². The van der Waals surface area contributed by atoms with Crippen molar-refractivity contribution < 1.29 is 19.4 Å². The summed E-state index contributed by atoms with van der Waals surface area (Å²) >= 11 is 0. The van der Waals surface area contributed by atoms with E-state index in [0.29, 0.717) is 24.5 Å². The van der Waals surface area contributed by atoms with Gasteiger partial charge in [-0.1, -0.05) is 17.7 Å². The Morgan fingerprint density at radius 2 is 1.81 bits per heavy atom. The van der Waals surface area contributed by atoms with Crippen LogP contribution in [0.3, 0.4) is 0 Å². The first kappa shape index (κ1) is 23.8. The van der Waals surface area contributed by atoms with E-state index in [1.807, 2.05) is 65.0 Å². The van der Waals surface area contributed by atoms with Gasteiger partial charge in [0.1, 0.15) is 18.5 Å². The fourth-order valence-corrected chi connectivity index (χ4v) is 3.65. The highest BCUT2D eigenvalue weighted by Crippen LogP contribution is 2.32. The third kappa shape index (κ3) is 5.50. The third-order valence-corrected chi connectivity index (χ3v) is 5.26. The maximum absolute atomic E-state index is 12.8. The first-order chi connectivity index (χ1) is 15.1. The lowest BCUT2D eigenvalue weighted by Gasteiger charge is -2.23. The number of rotatable bonds is 8. The Labute approximate surface area is 190 Å². The monoisotopic (exact) mass is 438 g/mol. The van der Waals surface area contributed by atoms with Crippen molar-refractivity contribution in [2.24, 2.45) is 0 Å². The normalized spacial score (nSPS) is 12.7. The Bertz CT molecular complexity index is 1080. The summed E-state index contributed by atoms with van der Waals surface area (Å²) in [4.78, 5) is 12.8. The van der Waals surface area contributed by atoms with Crippen LogP contribution in [0.4, 0.5) is 0 Å². The highest BCUT2D eigenvalue weighted by molar-refractivity contribution is 6.07. The van der Waals surface area contributed by atoms with Crippen molar-refractivity contribution in [2.45, 2.75) is 53.2 Å². The van der Waals surface area contributed by atoms with Crippen molar-refractivity contribution in [3.05, 3.63) is 59.3 Å². The van der Waals surface area contributed by atoms with Gasteiger partial charge in [0, 0.05) is 28.9 Å². The zero-order valence-electron chi connectivity index (χ0n) is 19.9. The number of aryl methyl sites for hydroxylation is 1. The smallest absolute Gasteiger partial charge is 0.340 e. The van der Waals surface area contributed by atoms with Crippen LogP contribution in [0, 0.1) is 13.8 Å². The molecular formula is C26H34N2O4. The molecule has 3 aromatic rings. The van der Waals surface area contributed by atoms with Gasteiger partial charge in [0.05, 0.1) is 17.7 Å². The summed E-state index contributed by atoms with van der Waals surface area (Å²) < 4.78 is 13.3. The van der Waals surface area contributed by atoms with E-state index in [0.717, 1.165) is 22.3 Å². The fraction of sp³-hybridized carbons (Fsp3) is 0.423. The molecule has 0 unspecified atom stereocenters. The molecule has 0 saturated heterocycles. The van der Waals surface area contributed by atoms with Crippen LogP contribution in [-0.4, -0.2) is 47.0 Å². The second kappa shape index (κ2) is 9.76. The number of aromatic nitrogens is 1. The highest BCUT2D eigenvalue weighted by Gasteiger charge is 2.22. The van der Waals surface area contributed by atoms with Crippen LogP contribution in [0.25, 0.3) is 16.6 Å². The molecule has 172 valence electrons. The molecule has 1 aromatic heterocycles. The number of esters is 1. The standard InChI is InChI=1S/C26H34N2O4/c1-7-31-25(30)24-18(3)28(19-10-8-17(2)9-11-19)23-13-12-21(14-22(23)24)32-16-20(29)15-27-26(4,5)6/h8-14,20,27,29H,7,15-16H2,1-6H3/t20-/m0/s1. The van der Waals surface area contributed by atoms with Gasteiger partial charge < -0.3 is 24.5 Å². The van der Waals surface area contributed by atoms with Gasteiger partial charge in [-0.15, -0.1) is 0 Å². The fourth-order valence-electron chi connectivity index (χ4n) is 3.65. The van der Waals surface area contributed by atoms with Crippen molar-refractivity contribution >= 4 is 16.9 Å². The summed E-state index contributed by atoms with van der Waals surface area (Å²) in [6.07, 6.45) is -0.645. The average Bonchev–Trinajstić information content (AvgIpc) is 3.02. The van der Waals surface area contributed by atoms with Gasteiger partial charge in [-0.25, -0.2) is 4.79 Å². The lowest BCUT2D eigenvalue weighted by Crippen LogP contribution is -2.42. The van der Waals surface area contributed by atoms with Crippen LogP contribution in [0.15, 0.2) is 42.5 Å². The third-order valence-electron chi connectivity index (χ3n) is 5.26. The minimum absolute atomic E-state index is 0.0785. The van der Waals surface area contributed by atoms with E-state index in [-0.39, 0.29) is 18.1 Å². The summed E-state index contributed by atoms with van der Waals surface area (Å²) in [5.41, 5.74) is 4.31. The number of carbonyl (C=O) groups is 1. The molecule has 0 amide bonds. The Balaban J connectivity index is 1.95. The Morgan fingerprint density at radius 1 is 1.12 bits per heavy atom. The number of benzene rings is 2. The molecule has 3 rings (SSSR count). The lowest BCUT2D eigenvalue weighted by molar-refractivity contribution is 0.0527. The first-order valence-corrected chi connectivity index (χ1v) is 11.1. The van der Waals surface area contributed by atoms with Gasteiger partial charge in [0.25, 0.3) is 0 Å². The summed E-state index contributed by atoms with van der Waals surface area (Å²) in [7, 11) is 0. The molecule has 0 aliphatic carbocycles. The minimum atomic E-state index is -0.645. The maximum atomic E-state index is 12.8. The highest BCUT2D eigenvalue weighted by atomic mass is 16.5. The number of aliphatic hydroxyl groups excluding tert-OH is 1. The van der Waals surface area contributed by atoms with Crippen LogP contribution < -0.4 is 10.1 Å². The van der Waals surface area contributed by atoms with Crippen LogP contribution in [-0.2, 0) is 4.74 Å². The number of nitrogens with zero attached hydrogens (tertiary/aromatic N) is 1. The zero-order valence-corrected chi connectivity index (χ0v) is 19.9. The van der Waals surface area contributed by atoms with E-state index in [9.17, 15) is 9.90 Å². The molecule has 6 heteroatoms. The SMILES string of the molecule is CCOC(=O)c1c(C)n(-c2ccc(C)cc2)c2ccc(OC[C@@H](O)CNC(C)(C)C)cc12. The Hall–Kier alpha value is -2.83. The van der Waals surface area contributed by atoms with Crippen LogP contribution >= 0.6 is 0 Å². The molecule has 6 nitrogen and oxygen atoms in total. The minimum Gasteiger partial charge on any atom is -0.491 e. The van der Waals surface area contributed by atoms with Crippen molar-refractivity contribution in [3.8, 4) is 11.4 Å². The van der Waals surface area contributed by atoms with E-state index in [1.54, 1.807) is 6.92 Å². The second-order valence-corrected chi connectivity index (χ2v) is 9.13. The van der Waals surface area contributed by atoms with Gasteiger partial charge in [-0.3, -0.25) is 0 Å². The average molecular weight is 439 g/mol. The molecule has 1 heterocycles. The molecule has 0 spiro atoms. The lowest BCUT2D eigenvalue weighted by atomic mass is 10.1. The predicted molar refractivity (Wildman–Crippen MR) is 128 cm³/mol. The van der Waals surface area contributed by atoms with E-state index in [4.69, 9.17) is 9.47 Å². The van der Waals surface area contributed by atoms with Crippen LogP contribution in [0.5, 0.6) is 5.75 Å². The van der Waals surface area contributed by atoms with Crippen molar-refractivity contribution in [2.75, 3.05) is 19.8 Å². The summed E-state index contributed by atoms with van der Waals surface area (Å²) in [5.74, 6) is 0.242. The molecule has 0 radical (unpaired) electrons. The topological polar surface area (TPSA) is 72.7 Å². The number of fused-ring (bicyclic) bond motifs is 1. The Kier molecular flexibility index (Phi) is 7.26. The van der Waals surface area contributed by atoms with E-state index in [1.165, 1.54) is 5.56 Å². The van der Waals surface area contributed by atoms with Gasteiger partial charge in [0.15, 0.2) is 0 Å². The summed E-state index contributed by atoms with van der Waals surface area (Å²) in [5, 5.41) is 14.3. The molecule has 1 atom stereocenters. The maximum Gasteiger partial charge on any atom is 0.340 e. The van der Waals surface area contributed by atoms with Crippen molar-refractivity contribution in [1.29, 1.82) is 0 Å². The number of hydrogen-bond donors (Lipinski definition) is 2. The second-order valence-electron chi connectivity index (χ2n) is 9.13. The molecule has 32 heavy (non-hydrogen) atoms. The van der Waals surface area contributed by atoms with E-state index < -0.39 is 6.10 Å². The number of aliphatic hydroxyl groups is 1. The molecule has 2 aromatic carbocycles. The van der Waals surface area contributed by atoms with Crippen LogP contribution in [0.2, 0.25) is 0 Å². The van der Waals surface area contributed by atoms with E-state index >= 15 is 0 Å². The Morgan fingerprint density at radius 3 is 2.44 bits per heavy atom. The number of nitrogens with one attached hydrogen (secondary N) is 1. The first-order valence-electron chi connectivity index (χ1n) is 11.1. The number of β-amino-alcohol motifs (C(OH)–C–C–N with tert-alkyl or cyclic N) is 1. The van der Waals surface area contributed by atoms with Gasteiger partial charge in [0.2, 0.25) is 0 Å². The molecule has 2 N–H and O–H groups in total. The molecule has 0 bridgehead atoms. The van der Waals surface area contributed by atoms with Gasteiger partial charge in [-0.05, 0) is 71.9 Å². The van der Waals surface area contributed by atoms with Crippen molar-refractivity contribution in [1.82, 2.24) is 9.88 Å². The number of carbonyl (C=O) groups excluding carboxylic acids is 1.